The summed E-state index contributed by atoms with van der Waals surface area (Å²) in [5, 5.41) is 11.9. The molecule has 156 valence electrons. The van der Waals surface area contributed by atoms with Crippen molar-refractivity contribution in [3.8, 4) is 11.5 Å². The first kappa shape index (κ1) is 21.9. The van der Waals surface area contributed by atoms with Crippen LogP contribution in [0.4, 0.5) is 10.5 Å². The lowest BCUT2D eigenvalue weighted by Gasteiger charge is -2.14. The maximum Gasteiger partial charge on any atom is 0.341 e. The van der Waals surface area contributed by atoms with Crippen LogP contribution in [0.3, 0.4) is 0 Å². The number of carboxylic acid groups (broad SMARTS) is 1. The largest absolute Gasteiger partial charge is 0.490 e. The maximum absolute atomic E-state index is 12.8. The number of ether oxygens (including phenoxy) is 2. The average molecular weight is 543 g/mol. The second kappa shape index (κ2) is 9.35. The number of anilines is 1. The highest BCUT2D eigenvalue weighted by molar-refractivity contribution is 14.1. The lowest BCUT2D eigenvalue weighted by atomic mass is 10.1. The first-order chi connectivity index (χ1) is 14.3. The van der Waals surface area contributed by atoms with E-state index >= 15 is 0 Å². The van der Waals surface area contributed by atoms with Crippen LogP contribution in [-0.2, 0) is 9.59 Å². The van der Waals surface area contributed by atoms with Gasteiger partial charge in [0.15, 0.2) is 18.1 Å². The maximum atomic E-state index is 12.8. The third-order valence-electron chi connectivity index (χ3n) is 3.95. The van der Waals surface area contributed by atoms with Gasteiger partial charge in [-0.15, -0.1) is 0 Å². The summed E-state index contributed by atoms with van der Waals surface area (Å²) in [5.74, 6) is -0.988. The molecule has 0 aliphatic carbocycles. The fraction of sp³-hybridized carbons (Fsp3) is 0.150. The lowest BCUT2D eigenvalue weighted by Crippen LogP contribution is -2.30. The molecule has 3 amide bonds. The van der Waals surface area contributed by atoms with Crippen LogP contribution in [0.1, 0.15) is 12.5 Å². The summed E-state index contributed by atoms with van der Waals surface area (Å²) in [7, 11) is 0. The summed E-state index contributed by atoms with van der Waals surface area (Å²) < 4.78 is 11.5. The Kier molecular flexibility index (Phi) is 6.83. The van der Waals surface area contributed by atoms with Crippen LogP contribution in [0.5, 0.6) is 11.5 Å². The third kappa shape index (κ3) is 4.85. The molecular formula is C20H16ClIN2O6. The van der Waals surface area contributed by atoms with E-state index in [1.165, 1.54) is 6.08 Å². The number of urea groups is 1. The second-order valence-corrected chi connectivity index (χ2v) is 7.65. The van der Waals surface area contributed by atoms with Crippen molar-refractivity contribution in [2.45, 2.75) is 6.92 Å². The number of carbonyl (C=O) groups excluding carboxylic acids is 2. The predicted molar refractivity (Wildman–Crippen MR) is 119 cm³/mol. The number of imide groups is 1. The lowest BCUT2D eigenvalue weighted by molar-refractivity contribution is -0.139. The summed E-state index contributed by atoms with van der Waals surface area (Å²) in [5.41, 5.74) is 1.06. The molecule has 1 saturated heterocycles. The van der Waals surface area contributed by atoms with Gasteiger partial charge in [-0.3, -0.25) is 4.79 Å². The zero-order chi connectivity index (χ0) is 21.8. The molecule has 3 rings (SSSR count). The molecule has 0 unspecified atom stereocenters. The van der Waals surface area contributed by atoms with Crippen molar-refractivity contribution < 1.29 is 29.0 Å². The Hall–Kier alpha value is -2.79. The molecule has 0 saturated carbocycles. The minimum atomic E-state index is -1.11. The number of benzene rings is 2. The average Bonchev–Trinajstić information content (AvgIpc) is 2.95. The molecule has 1 fully saturated rings. The van der Waals surface area contributed by atoms with Crippen LogP contribution in [0.15, 0.2) is 42.1 Å². The van der Waals surface area contributed by atoms with Gasteiger partial charge >= 0.3 is 12.0 Å². The molecule has 8 nitrogen and oxygen atoms in total. The fourth-order valence-corrected chi connectivity index (χ4v) is 3.64. The number of nitrogens with zero attached hydrogens (tertiary/aromatic N) is 1. The molecule has 0 aromatic heterocycles. The van der Waals surface area contributed by atoms with Gasteiger partial charge in [-0.05, 0) is 77.6 Å². The number of nitrogens with one attached hydrogen (secondary N) is 1. The van der Waals surface area contributed by atoms with Crippen molar-refractivity contribution in [3.63, 3.8) is 0 Å². The predicted octanol–water partition coefficient (Wildman–Crippen LogP) is 3.90. The Morgan fingerprint density at radius 2 is 1.93 bits per heavy atom. The molecule has 10 heteroatoms. The Morgan fingerprint density at radius 3 is 2.57 bits per heavy atom. The summed E-state index contributed by atoms with van der Waals surface area (Å²) >= 11 is 7.85. The van der Waals surface area contributed by atoms with E-state index in [-0.39, 0.29) is 5.70 Å². The van der Waals surface area contributed by atoms with E-state index in [4.69, 9.17) is 26.2 Å². The van der Waals surface area contributed by atoms with Crippen LogP contribution < -0.4 is 19.7 Å². The van der Waals surface area contributed by atoms with E-state index < -0.39 is 24.5 Å². The summed E-state index contributed by atoms with van der Waals surface area (Å²) in [6.07, 6.45) is 1.52. The van der Waals surface area contributed by atoms with E-state index in [9.17, 15) is 14.4 Å². The van der Waals surface area contributed by atoms with Crippen molar-refractivity contribution in [3.05, 3.63) is 56.3 Å². The van der Waals surface area contributed by atoms with Gasteiger partial charge in [0.05, 0.1) is 15.9 Å². The Morgan fingerprint density at radius 1 is 1.23 bits per heavy atom. The van der Waals surface area contributed by atoms with Gasteiger partial charge in [0.25, 0.3) is 5.91 Å². The van der Waals surface area contributed by atoms with Gasteiger partial charge in [-0.1, -0.05) is 11.6 Å². The molecule has 2 aromatic rings. The van der Waals surface area contributed by atoms with Gasteiger partial charge in [0.2, 0.25) is 0 Å². The highest BCUT2D eigenvalue weighted by Gasteiger charge is 2.34. The van der Waals surface area contributed by atoms with Crippen LogP contribution in [-0.4, -0.2) is 36.2 Å². The number of aliphatic carboxylic acids is 1. The topological polar surface area (TPSA) is 105 Å². The van der Waals surface area contributed by atoms with Gasteiger partial charge in [0.1, 0.15) is 5.70 Å². The standard InChI is InChI=1S/C20H16ClIN2O6/c1-2-29-16-9-11(7-14(22)18(16)30-10-17(25)26)8-15-19(27)24(20(28)23-15)13-5-3-12(21)4-6-13/h3-9H,2,10H2,1H3,(H,23,28)(H,25,26)/b15-8+. The first-order valence-corrected chi connectivity index (χ1v) is 10.2. The summed E-state index contributed by atoms with van der Waals surface area (Å²) in [6, 6.07) is 9.06. The van der Waals surface area contributed by atoms with Gasteiger partial charge in [-0.2, -0.15) is 0 Å². The quantitative estimate of drug-likeness (QED) is 0.312. The molecule has 1 aliphatic rings. The molecule has 0 spiro atoms. The van der Waals surface area contributed by atoms with Gasteiger partial charge in [0, 0.05) is 5.02 Å². The summed E-state index contributed by atoms with van der Waals surface area (Å²) in [4.78, 5) is 36.9. The first-order valence-electron chi connectivity index (χ1n) is 8.73. The number of carbonyl (C=O) groups is 3. The van der Waals surface area contributed by atoms with E-state index in [1.54, 1.807) is 43.3 Å². The molecular weight excluding hydrogens is 527 g/mol. The van der Waals surface area contributed by atoms with Crippen molar-refractivity contribution in [1.82, 2.24) is 5.32 Å². The van der Waals surface area contributed by atoms with Gasteiger partial charge in [-0.25, -0.2) is 14.5 Å². The van der Waals surface area contributed by atoms with Crippen molar-refractivity contribution >= 4 is 63.9 Å². The molecule has 2 aromatic carbocycles. The molecule has 1 aliphatic heterocycles. The third-order valence-corrected chi connectivity index (χ3v) is 5.00. The highest BCUT2D eigenvalue weighted by Crippen LogP contribution is 2.35. The number of rotatable bonds is 7. The van der Waals surface area contributed by atoms with Crippen molar-refractivity contribution in [2.24, 2.45) is 0 Å². The van der Waals surface area contributed by atoms with Crippen LogP contribution >= 0.6 is 34.2 Å². The smallest absolute Gasteiger partial charge is 0.341 e. The fourth-order valence-electron chi connectivity index (χ4n) is 2.73. The van der Waals surface area contributed by atoms with Crippen LogP contribution in [0, 0.1) is 3.57 Å². The Balaban J connectivity index is 1.92. The zero-order valence-corrected chi connectivity index (χ0v) is 18.6. The Labute approximate surface area is 190 Å². The molecule has 0 atom stereocenters. The minimum absolute atomic E-state index is 0.0902. The highest BCUT2D eigenvalue weighted by atomic mass is 127. The van der Waals surface area contributed by atoms with Crippen molar-refractivity contribution in [1.29, 1.82) is 0 Å². The van der Waals surface area contributed by atoms with Crippen LogP contribution in [0.2, 0.25) is 5.02 Å². The van der Waals surface area contributed by atoms with Crippen LogP contribution in [0.25, 0.3) is 6.08 Å². The SMILES string of the molecule is CCOc1cc(/C=C2/NC(=O)N(c3ccc(Cl)cc3)C2=O)cc(I)c1OCC(=O)O. The second-order valence-electron chi connectivity index (χ2n) is 6.05. The van der Waals surface area contributed by atoms with E-state index in [0.717, 1.165) is 4.90 Å². The van der Waals surface area contributed by atoms with Crippen molar-refractivity contribution in [2.75, 3.05) is 18.1 Å². The zero-order valence-electron chi connectivity index (χ0n) is 15.6. The molecule has 1 heterocycles. The van der Waals surface area contributed by atoms with E-state index in [2.05, 4.69) is 5.32 Å². The number of hydrogen-bond donors (Lipinski definition) is 2. The number of halogens is 2. The molecule has 2 N–H and O–H groups in total. The van der Waals surface area contributed by atoms with E-state index in [1.807, 2.05) is 22.6 Å². The molecule has 0 radical (unpaired) electrons. The van der Waals surface area contributed by atoms with E-state index in [0.29, 0.717) is 37.9 Å². The monoisotopic (exact) mass is 542 g/mol. The Bertz CT molecular complexity index is 1040. The number of carboxylic acids is 1. The normalized spacial score (nSPS) is 14.8. The molecule has 0 bridgehead atoms. The van der Waals surface area contributed by atoms with Gasteiger partial charge < -0.3 is 19.9 Å². The minimum Gasteiger partial charge on any atom is -0.490 e. The number of amides is 3. The molecule has 30 heavy (non-hydrogen) atoms. The number of hydrogen-bond acceptors (Lipinski definition) is 5. The summed E-state index contributed by atoms with van der Waals surface area (Å²) in [6.45, 7) is 1.60.